The lowest BCUT2D eigenvalue weighted by atomic mass is 10.0. The van der Waals surface area contributed by atoms with E-state index < -0.39 is 0 Å². The van der Waals surface area contributed by atoms with Crippen LogP contribution in [0.1, 0.15) is 175 Å². The van der Waals surface area contributed by atoms with E-state index in [4.69, 9.17) is 0 Å². The highest BCUT2D eigenvalue weighted by Gasteiger charge is 2.27. The predicted molar refractivity (Wildman–Crippen MR) is 173 cm³/mol. The molecule has 0 saturated heterocycles. The van der Waals surface area contributed by atoms with Crippen molar-refractivity contribution in [3.63, 3.8) is 0 Å². The number of unbranched alkanes of at least 4 members (excludes halogenated alkanes) is 18. The van der Waals surface area contributed by atoms with Crippen LogP contribution in [-0.4, -0.2) is 24.1 Å². The zero-order valence-corrected chi connectivity index (χ0v) is 26.8. The van der Waals surface area contributed by atoms with Gasteiger partial charge >= 0.3 is 0 Å². The van der Waals surface area contributed by atoms with Crippen LogP contribution in [0.5, 0.6) is 0 Å². The second kappa shape index (κ2) is 25.2. The SMILES string of the molecule is CCCCCCCCCCCC[N+](CCCCCCCCCCCC)(CCCC(C)C)Cc1ccccc1. The molecule has 0 N–H and O–H groups in total. The topological polar surface area (TPSA) is 0 Å². The third kappa shape index (κ3) is 20.1. The highest BCUT2D eigenvalue weighted by Crippen LogP contribution is 2.23. The van der Waals surface area contributed by atoms with Crippen LogP contribution in [0.4, 0.5) is 0 Å². The number of benzene rings is 1. The van der Waals surface area contributed by atoms with Gasteiger partial charge in [0.25, 0.3) is 0 Å². The summed E-state index contributed by atoms with van der Waals surface area (Å²) in [6, 6.07) is 11.4. The van der Waals surface area contributed by atoms with Gasteiger partial charge in [-0.2, -0.15) is 0 Å². The maximum Gasteiger partial charge on any atom is 0.104 e. The average Bonchev–Trinajstić information content (AvgIpc) is 2.91. The predicted octanol–water partition coefficient (Wildman–Crippen LogP) is 12.3. The van der Waals surface area contributed by atoms with E-state index >= 15 is 0 Å². The van der Waals surface area contributed by atoms with Gasteiger partial charge in [-0.1, -0.05) is 161 Å². The van der Waals surface area contributed by atoms with Gasteiger partial charge in [-0.15, -0.1) is 0 Å². The quantitative estimate of drug-likeness (QED) is 0.0749. The molecule has 1 rings (SSSR count). The summed E-state index contributed by atoms with van der Waals surface area (Å²) in [6.45, 7) is 14.8. The van der Waals surface area contributed by atoms with Crippen molar-refractivity contribution in [1.82, 2.24) is 0 Å². The standard InChI is InChI=1S/C37H70N/c1-5-7-9-11-13-15-17-19-21-26-32-38(34-28-29-36(3)4,35-37-30-24-23-25-31-37)33-27-22-20-18-16-14-12-10-8-6-2/h23-25,30-31,36H,5-22,26-29,32-35H2,1-4H3/q+1. The fourth-order valence-corrected chi connectivity index (χ4v) is 6.25. The van der Waals surface area contributed by atoms with Crippen LogP contribution in [0.3, 0.4) is 0 Å². The fourth-order valence-electron chi connectivity index (χ4n) is 6.25. The first kappa shape index (κ1) is 35.2. The van der Waals surface area contributed by atoms with Crippen molar-refractivity contribution in [2.24, 2.45) is 5.92 Å². The van der Waals surface area contributed by atoms with Gasteiger partial charge < -0.3 is 4.48 Å². The first-order valence-corrected chi connectivity index (χ1v) is 17.5. The molecule has 1 nitrogen and oxygen atoms in total. The Labute approximate surface area is 241 Å². The van der Waals surface area contributed by atoms with Crippen LogP contribution >= 0.6 is 0 Å². The molecular weight excluding hydrogens is 458 g/mol. The zero-order valence-electron chi connectivity index (χ0n) is 26.8. The zero-order chi connectivity index (χ0) is 27.6. The molecular formula is C37H70N+. The van der Waals surface area contributed by atoms with Crippen LogP contribution in [0.25, 0.3) is 0 Å². The van der Waals surface area contributed by atoms with Gasteiger partial charge in [-0.05, 0) is 44.4 Å². The van der Waals surface area contributed by atoms with Crippen LogP contribution in [0, 0.1) is 5.92 Å². The lowest BCUT2D eigenvalue weighted by Crippen LogP contribution is -2.49. The van der Waals surface area contributed by atoms with E-state index in [1.54, 1.807) is 5.56 Å². The average molecular weight is 529 g/mol. The molecule has 0 aromatic heterocycles. The van der Waals surface area contributed by atoms with Gasteiger partial charge in [0.2, 0.25) is 0 Å². The number of nitrogens with zero attached hydrogens (tertiary/aromatic N) is 1. The van der Waals surface area contributed by atoms with E-state index in [0.717, 1.165) is 5.92 Å². The molecule has 1 heteroatoms. The van der Waals surface area contributed by atoms with Crippen LogP contribution in [-0.2, 0) is 6.54 Å². The monoisotopic (exact) mass is 529 g/mol. The molecule has 0 aliphatic carbocycles. The maximum absolute atomic E-state index is 2.40. The van der Waals surface area contributed by atoms with Crippen LogP contribution in [0.2, 0.25) is 0 Å². The molecule has 0 aliphatic heterocycles. The second-order valence-electron chi connectivity index (χ2n) is 13.1. The molecule has 0 unspecified atom stereocenters. The van der Waals surface area contributed by atoms with E-state index in [1.165, 1.54) is 172 Å². The molecule has 0 bridgehead atoms. The molecule has 0 aliphatic rings. The molecule has 0 spiro atoms. The fraction of sp³-hybridized carbons (Fsp3) is 0.838. The van der Waals surface area contributed by atoms with E-state index in [-0.39, 0.29) is 0 Å². The molecule has 0 saturated carbocycles. The summed E-state index contributed by atoms with van der Waals surface area (Å²) in [5, 5.41) is 0. The molecule has 0 fully saturated rings. The van der Waals surface area contributed by atoms with Gasteiger partial charge in [0, 0.05) is 5.56 Å². The lowest BCUT2D eigenvalue weighted by Gasteiger charge is -2.40. The minimum atomic E-state index is 0.822. The summed E-state index contributed by atoms with van der Waals surface area (Å²) in [6.07, 6.45) is 31.5. The Morgan fingerprint density at radius 3 is 1.24 bits per heavy atom. The van der Waals surface area contributed by atoms with Crippen molar-refractivity contribution >= 4 is 0 Å². The molecule has 222 valence electrons. The van der Waals surface area contributed by atoms with Gasteiger partial charge in [0.05, 0.1) is 19.6 Å². The minimum absolute atomic E-state index is 0.822. The number of hydrogen-bond donors (Lipinski definition) is 0. The van der Waals surface area contributed by atoms with Crippen molar-refractivity contribution in [3.05, 3.63) is 35.9 Å². The van der Waals surface area contributed by atoms with Gasteiger partial charge in [-0.25, -0.2) is 0 Å². The van der Waals surface area contributed by atoms with Crippen molar-refractivity contribution in [1.29, 1.82) is 0 Å². The van der Waals surface area contributed by atoms with Crippen LogP contribution < -0.4 is 0 Å². The molecule has 0 radical (unpaired) electrons. The van der Waals surface area contributed by atoms with Crippen molar-refractivity contribution in [2.75, 3.05) is 19.6 Å². The maximum atomic E-state index is 2.40. The van der Waals surface area contributed by atoms with Crippen molar-refractivity contribution in [3.8, 4) is 0 Å². The van der Waals surface area contributed by atoms with Crippen molar-refractivity contribution < 1.29 is 4.48 Å². The Kier molecular flexibility index (Phi) is 23.3. The first-order valence-electron chi connectivity index (χ1n) is 17.5. The third-order valence-corrected chi connectivity index (χ3v) is 8.75. The van der Waals surface area contributed by atoms with E-state index in [2.05, 4.69) is 58.0 Å². The summed E-state index contributed by atoms with van der Waals surface area (Å²) in [4.78, 5) is 0. The Morgan fingerprint density at radius 1 is 0.474 bits per heavy atom. The number of quaternary nitrogens is 1. The summed E-state index contributed by atoms with van der Waals surface area (Å²) in [5.74, 6) is 0.822. The summed E-state index contributed by atoms with van der Waals surface area (Å²) >= 11 is 0. The molecule has 0 heterocycles. The van der Waals surface area contributed by atoms with E-state index in [1.807, 2.05) is 0 Å². The van der Waals surface area contributed by atoms with Gasteiger partial charge in [-0.3, -0.25) is 0 Å². The highest BCUT2D eigenvalue weighted by molar-refractivity contribution is 5.13. The highest BCUT2D eigenvalue weighted by atomic mass is 15.3. The van der Waals surface area contributed by atoms with Gasteiger partial charge in [0.1, 0.15) is 6.54 Å². The van der Waals surface area contributed by atoms with E-state index in [0.29, 0.717) is 0 Å². The van der Waals surface area contributed by atoms with E-state index in [9.17, 15) is 0 Å². The Balaban J connectivity index is 2.54. The first-order chi connectivity index (χ1) is 18.6. The lowest BCUT2D eigenvalue weighted by molar-refractivity contribution is -0.941. The molecule has 0 atom stereocenters. The summed E-state index contributed by atoms with van der Waals surface area (Å²) in [7, 11) is 0. The summed E-state index contributed by atoms with van der Waals surface area (Å²) < 4.78 is 1.34. The largest absolute Gasteiger partial charge is 0.320 e. The third-order valence-electron chi connectivity index (χ3n) is 8.75. The Morgan fingerprint density at radius 2 is 0.842 bits per heavy atom. The molecule has 1 aromatic rings. The molecule has 38 heavy (non-hydrogen) atoms. The molecule has 0 amide bonds. The second-order valence-corrected chi connectivity index (χ2v) is 13.1. The van der Waals surface area contributed by atoms with Crippen LogP contribution in [0.15, 0.2) is 30.3 Å². The Hall–Kier alpha value is -0.820. The Bertz CT molecular complexity index is 568. The van der Waals surface area contributed by atoms with Crippen molar-refractivity contribution in [2.45, 2.75) is 175 Å². The molecule has 1 aromatic carbocycles. The number of rotatable bonds is 28. The normalized spacial score (nSPS) is 12.0. The van der Waals surface area contributed by atoms with Gasteiger partial charge in [0.15, 0.2) is 0 Å². The summed E-state index contributed by atoms with van der Waals surface area (Å²) in [5.41, 5.74) is 1.55. The number of hydrogen-bond acceptors (Lipinski definition) is 0. The smallest absolute Gasteiger partial charge is 0.104 e. The minimum Gasteiger partial charge on any atom is -0.320 e.